The lowest BCUT2D eigenvalue weighted by atomic mass is 9.33. The average molecular weight is 920 g/mol. The molecule has 0 bridgehead atoms. The minimum absolute atomic E-state index is 0.00737. The van der Waals surface area contributed by atoms with Gasteiger partial charge in [0.15, 0.2) is 0 Å². The minimum Gasteiger partial charge on any atom is -0.311 e. The number of benzene rings is 7. The van der Waals surface area contributed by atoms with E-state index >= 15 is 0 Å². The Morgan fingerprint density at radius 2 is 0.886 bits per heavy atom. The molecule has 0 saturated carbocycles. The van der Waals surface area contributed by atoms with Gasteiger partial charge in [0.25, 0.3) is 6.71 Å². The van der Waals surface area contributed by atoms with Crippen LogP contribution >= 0.6 is 0 Å². The van der Waals surface area contributed by atoms with E-state index in [-0.39, 0.29) is 33.8 Å². The lowest BCUT2D eigenvalue weighted by Gasteiger charge is -2.48. The van der Waals surface area contributed by atoms with Crippen molar-refractivity contribution in [2.75, 3.05) is 14.7 Å². The Labute approximate surface area is 421 Å². The molecule has 4 heteroatoms. The summed E-state index contributed by atoms with van der Waals surface area (Å²) in [5.41, 5.74) is 28.1. The molecule has 0 aromatic heterocycles. The van der Waals surface area contributed by atoms with Crippen molar-refractivity contribution in [3.63, 3.8) is 0 Å². The number of aryl methyl sites for hydroxylation is 4. The molecule has 7 aromatic rings. The summed E-state index contributed by atoms with van der Waals surface area (Å²) < 4.78 is 0. The molecule has 0 saturated heterocycles. The van der Waals surface area contributed by atoms with Gasteiger partial charge in [-0.05, 0) is 208 Å². The number of hydrogen-bond acceptors (Lipinski definition) is 3. The summed E-state index contributed by atoms with van der Waals surface area (Å²) in [6, 6.07) is 49.7. The second-order valence-corrected chi connectivity index (χ2v) is 25.5. The van der Waals surface area contributed by atoms with Gasteiger partial charge >= 0.3 is 0 Å². The van der Waals surface area contributed by atoms with Gasteiger partial charge < -0.3 is 14.7 Å². The van der Waals surface area contributed by atoms with Crippen LogP contribution in [0.2, 0.25) is 0 Å². The fourth-order valence-electron chi connectivity index (χ4n) is 13.1. The topological polar surface area (TPSA) is 9.72 Å². The van der Waals surface area contributed by atoms with Crippen molar-refractivity contribution in [1.29, 1.82) is 0 Å². The third-order valence-electron chi connectivity index (χ3n) is 17.4. The van der Waals surface area contributed by atoms with E-state index in [4.69, 9.17) is 0 Å². The van der Waals surface area contributed by atoms with Gasteiger partial charge in [0.1, 0.15) is 0 Å². The summed E-state index contributed by atoms with van der Waals surface area (Å²) in [6.07, 6.45) is 4.69. The maximum absolute atomic E-state index is 2.71. The van der Waals surface area contributed by atoms with Crippen LogP contribution < -0.4 is 31.1 Å². The molecule has 0 radical (unpaired) electrons. The van der Waals surface area contributed by atoms with Gasteiger partial charge in [0.05, 0.1) is 5.69 Å². The van der Waals surface area contributed by atoms with Crippen molar-refractivity contribution >= 4 is 74.3 Å². The van der Waals surface area contributed by atoms with Crippen LogP contribution in [-0.4, -0.2) is 6.71 Å². The molecule has 0 fully saturated rings. The van der Waals surface area contributed by atoms with Gasteiger partial charge in [-0.15, -0.1) is 0 Å². The van der Waals surface area contributed by atoms with Crippen molar-refractivity contribution in [3.05, 3.63) is 177 Å². The van der Waals surface area contributed by atoms with E-state index < -0.39 is 0 Å². The van der Waals surface area contributed by atoms with Crippen LogP contribution in [0.15, 0.2) is 127 Å². The molecule has 0 atom stereocenters. The number of para-hydroxylation sites is 2. The highest BCUT2D eigenvalue weighted by Gasteiger charge is 2.48. The molecule has 2 aliphatic heterocycles. The summed E-state index contributed by atoms with van der Waals surface area (Å²) in [7, 11) is 0. The molecule has 0 spiro atoms. The van der Waals surface area contributed by atoms with Gasteiger partial charge in [-0.2, -0.15) is 0 Å². The Hall–Kier alpha value is -6.00. The van der Waals surface area contributed by atoms with E-state index in [1.807, 2.05) is 0 Å². The molecule has 11 rings (SSSR count). The van der Waals surface area contributed by atoms with Crippen LogP contribution in [0.1, 0.15) is 152 Å². The zero-order valence-electron chi connectivity index (χ0n) is 44.9. The van der Waals surface area contributed by atoms with Gasteiger partial charge in [-0.1, -0.05) is 143 Å². The maximum atomic E-state index is 2.71. The molecule has 3 nitrogen and oxygen atoms in total. The number of hydrogen-bond donors (Lipinski definition) is 0. The van der Waals surface area contributed by atoms with E-state index in [1.54, 1.807) is 0 Å². The summed E-state index contributed by atoms with van der Waals surface area (Å²) in [5.74, 6) is 0. The van der Waals surface area contributed by atoms with Crippen LogP contribution in [0.25, 0.3) is 0 Å². The zero-order chi connectivity index (χ0) is 49.6. The maximum Gasteiger partial charge on any atom is 0.252 e. The van der Waals surface area contributed by atoms with E-state index in [9.17, 15) is 0 Å². The highest BCUT2D eigenvalue weighted by molar-refractivity contribution is 7.00. The number of anilines is 9. The predicted octanol–water partition coefficient (Wildman–Crippen LogP) is 16.5. The first kappa shape index (κ1) is 46.4. The standard InChI is InChI=1S/C66H74BN3/c1-41-32-58-60-59(33-41)70(61-43(3)34-45(35-44(61)4)62(5,6)7)57-40-52-50(64(10,11)29-31-66(52,14)15)38-54(57)67(60)53-27-26-48(68(46-22-18-16-19-23-46)47-24-20-17-21-25-47)37-56(53)69(58)55-39-51-49(36-42(55)2)63(8,9)28-30-65(51,12)13/h16-27,32-40H,28-31H2,1-15H3. The molecule has 0 amide bonds. The molecule has 0 N–H and O–H groups in total. The van der Waals surface area contributed by atoms with Crippen molar-refractivity contribution in [2.45, 2.75) is 157 Å². The van der Waals surface area contributed by atoms with Crippen LogP contribution in [0.5, 0.6) is 0 Å². The molecular formula is C66H74BN3. The Bertz CT molecular complexity index is 3190. The van der Waals surface area contributed by atoms with Gasteiger partial charge in [0.2, 0.25) is 0 Å². The first-order valence-corrected chi connectivity index (χ1v) is 26.2. The zero-order valence-corrected chi connectivity index (χ0v) is 44.9. The van der Waals surface area contributed by atoms with Crippen LogP contribution in [0.4, 0.5) is 51.2 Å². The van der Waals surface area contributed by atoms with E-state index in [0.29, 0.717) is 0 Å². The average Bonchev–Trinajstić information content (AvgIpc) is 3.30. The van der Waals surface area contributed by atoms with Gasteiger partial charge in [-0.25, -0.2) is 0 Å². The predicted molar refractivity (Wildman–Crippen MR) is 303 cm³/mol. The highest BCUT2D eigenvalue weighted by atomic mass is 15.2. The Morgan fingerprint density at radius 1 is 0.429 bits per heavy atom. The van der Waals surface area contributed by atoms with Crippen LogP contribution in [0, 0.1) is 27.7 Å². The van der Waals surface area contributed by atoms with Crippen molar-refractivity contribution in [2.24, 2.45) is 0 Å². The fraction of sp³-hybridized carbons (Fsp3) is 0.364. The molecule has 2 aliphatic carbocycles. The van der Waals surface area contributed by atoms with Crippen molar-refractivity contribution in [1.82, 2.24) is 0 Å². The van der Waals surface area contributed by atoms with E-state index in [0.717, 1.165) is 23.5 Å². The Morgan fingerprint density at radius 3 is 1.40 bits per heavy atom. The Kier molecular flexibility index (Phi) is 10.4. The van der Waals surface area contributed by atoms with Crippen molar-refractivity contribution in [3.8, 4) is 0 Å². The first-order chi connectivity index (χ1) is 33.0. The van der Waals surface area contributed by atoms with E-state index in [1.165, 1.54) is 120 Å². The molecule has 0 unspecified atom stereocenters. The number of rotatable bonds is 5. The SMILES string of the molecule is Cc1cc2c3c(c1)N(c1c(C)cc(C(C)(C)C)cc1C)c1cc4c(cc1B3c1ccc(N(c3ccccc3)c3ccccc3)cc1N2c1cc2c(cc1C)C(C)(C)CCC2(C)C)C(C)(C)CCC4(C)C. The molecule has 7 aromatic carbocycles. The number of nitrogens with zero attached hydrogens (tertiary/aromatic N) is 3. The molecule has 70 heavy (non-hydrogen) atoms. The minimum atomic E-state index is 0.00737. The monoisotopic (exact) mass is 920 g/mol. The van der Waals surface area contributed by atoms with Gasteiger partial charge in [-0.3, -0.25) is 0 Å². The normalized spacial score (nSPS) is 17.8. The summed E-state index contributed by atoms with van der Waals surface area (Å²) in [4.78, 5) is 7.84. The fourth-order valence-corrected chi connectivity index (χ4v) is 13.1. The molecule has 356 valence electrons. The van der Waals surface area contributed by atoms with Crippen LogP contribution in [-0.2, 0) is 27.1 Å². The quantitative estimate of drug-likeness (QED) is 0.159. The highest BCUT2D eigenvalue weighted by Crippen LogP contribution is 2.54. The number of fused-ring (bicyclic) bond motifs is 6. The first-order valence-electron chi connectivity index (χ1n) is 26.2. The second kappa shape index (κ2) is 15.8. The van der Waals surface area contributed by atoms with Crippen molar-refractivity contribution < 1.29 is 0 Å². The third kappa shape index (κ3) is 7.20. The molecule has 2 heterocycles. The largest absolute Gasteiger partial charge is 0.311 e. The lowest BCUT2D eigenvalue weighted by molar-refractivity contribution is 0.332. The molecular weight excluding hydrogens is 846 g/mol. The summed E-state index contributed by atoms with van der Waals surface area (Å²) in [5, 5.41) is 0. The molecule has 4 aliphatic rings. The van der Waals surface area contributed by atoms with Gasteiger partial charge in [0, 0.05) is 45.5 Å². The summed E-state index contributed by atoms with van der Waals surface area (Å²) >= 11 is 0. The lowest BCUT2D eigenvalue weighted by Crippen LogP contribution is -2.62. The summed E-state index contributed by atoms with van der Waals surface area (Å²) in [6.45, 7) is 36.2. The van der Waals surface area contributed by atoms with Crippen LogP contribution in [0.3, 0.4) is 0 Å². The smallest absolute Gasteiger partial charge is 0.252 e. The third-order valence-corrected chi connectivity index (χ3v) is 17.4. The Balaban J connectivity index is 1.27. The van der Waals surface area contributed by atoms with E-state index in [2.05, 4.69) is 246 Å². The second-order valence-electron chi connectivity index (χ2n) is 25.5.